The van der Waals surface area contributed by atoms with E-state index < -0.39 is 0 Å². The molecule has 0 atom stereocenters. The van der Waals surface area contributed by atoms with E-state index in [9.17, 15) is 0 Å². The molecule has 0 aromatic heterocycles. The second-order valence-electron chi connectivity index (χ2n) is 13.4. The van der Waals surface area contributed by atoms with E-state index >= 15 is 0 Å². The molecule has 0 saturated carbocycles. The smallest absolute Gasteiger partial charge is 0.0468 e. The molecule has 0 saturated heterocycles. The SMILES string of the molecule is Cc1ccc2c(c1)C(C)(C)c1ccccc1-2.Cc1ccccc1-c1ccc(N(c2ccccc2)c2ccc3cc(Br)ccc3c2)cc1C. The van der Waals surface area contributed by atoms with Gasteiger partial charge in [0.1, 0.15) is 0 Å². The van der Waals surface area contributed by atoms with Gasteiger partial charge >= 0.3 is 0 Å². The summed E-state index contributed by atoms with van der Waals surface area (Å²) in [5, 5.41) is 2.45. The van der Waals surface area contributed by atoms with Gasteiger partial charge in [0, 0.05) is 26.9 Å². The van der Waals surface area contributed by atoms with Gasteiger partial charge in [0.05, 0.1) is 0 Å². The van der Waals surface area contributed by atoms with Gasteiger partial charge in [-0.3, -0.25) is 0 Å². The van der Waals surface area contributed by atoms with Gasteiger partial charge < -0.3 is 4.90 Å². The predicted octanol–water partition coefficient (Wildman–Crippen LogP) is 13.7. The molecule has 0 fully saturated rings. The Morgan fingerprint density at radius 3 is 1.79 bits per heavy atom. The Hall–Kier alpha value is -4.92. The van der Waals surface area contributed by atoms with Crippen LogP contribution in [0.4, 0.5) is 17.1 Å². The van der Waals surface area contributed by atoms with E-state index in [1.807, 2.05) is 0 Å². The van der Waals surface area contributed by atoms with Crippen LogP contribution in [0.5, 0.6) is 0 Å². The number of rotatable bonds is 4. The number of nitrogens with zero attached hydrogens (tertiary/aromatic N) is 1. The number of hydrogen-bond acceptors (Lipinski definition) is 1. The van der Waals surface area contributed by atoms with Crippen LogP contribution < -0.4 is 4.90 Å². The summed E-state index contributed by atoms with van der Waals surface area (Å²) in [6, 6.07) is 54.6. The molecule has 2 heteroatoms. The van der Waals surface area contributed by atoms with Gasteiger partial charge in [-0.25, -0.2) is 0 Å². The fourth-order valence-electron chi connectivity index (χ4n) is 7.15. The summed E-state index contributed by atoms with van der Waals surface area (Å²) in [4.78, 5) is 2.33. The molecular weight excluding hydrogens is 646 g/mol. The molecule has 0 aliphatic heterocycles. The Balaban J connectivity index is 0.000000190. The van der Waals surface area contributed by atoms with Crippen LogP contribution in [0, 0.1) is 20.8 Å². The van der Waals surface area contributed by atoms with Crippen molar-refractivity contribution in [2.24, 2.45) is 0 Å². The summed E-state index contributed by atoms with van der Waals surface area (Å²) < 4.78 is 1.10. The number of anilines is 3. The maximum absolute atomic E-state index is 3.58. The van der Waals surface area contributed by atoms with Gasteiger partial charge in [-0.15, -0.1) is 0 Å². The van der Waals surface area contributed by atoms with Gasteiger partial charge in [-0.05, 0) is 125 Å². The molecule has 1 aliphatic carbocycles. The minimum atomic E-state index is 0.151. The van der Waals surface area contributed by atoms with Crippen LogP contribution in [0.25, 0.3) is 33.0 Å². The minimum absolute atomic E-state index is 0.151. The monoisotopic (exact) mass is 685 g/mol. The van der Waals surface area contributed by atoms with Crippen LogP contribution in [0.15, 0.2) is 156 Å². The van der Waals surface area contributed by atoms with Gasteiger partial charge in [-0.1, -0.05) is 138 Å². The zero-order chi connectivity index (χ0) is 33.4. The molecule has 1 aliphatic rings. The second-order valence-corrected chi connectivity index (χ2v) is 14.3. The molecule has 48 heavy (non-hydrogen) atoms. The fourth-order valence-corrected chi connectivity index (χ4v) is 7.53. The van der Waals surface area contributed by atoms with Gasteiger partial charge in [0.2, 0.25) is 0 Å². The Kier molecular flexibility index (Phi) is 8.54. The first-order chi connectivity index (χ1) is 23.2. The van der Waals surface area contributed by atoms with E-state index in [1.54, 1.807) is 0 Å². The number of benzene rings is 7. The lowest BCUT2D eigenvalue weighted by molar-refractivity contribution is 0.660. The van der Waals surface area contributed by atoms with Gasteiger partial charge in [0.15, 0.2) is 0 Å². The Bertz CT molecular complexity index is 2260. The minimum Gasteiger partial charge on any atom is -0.310 e. The van der Waals surface area contributed by atoms with Crippen molar-refractivity contribution >= 4 is 43.8 Å². The summed E-state index contributed by atoms with van der Waals surface area (Å²) in [6.45, 7) is 11.2. The van der Waals surface area contributed by atoms with Crippen LogP contribution in [0.2, 0.25) is 0 Å². The van der Waals surface area contributed by atoms with Gasteiger partial charge in [0.25, 0.3) is 0 Å². The first-order valence-electron chi connectivity index (χ1n) is 16.6. The van der Waals surface area contributed by atoms with Crippen molar-refractivity contribution in [1.29, 1.82) is 0 Å². The maximum Gasteiger partial charge on any atom is 0.0468 e. The molecule has 0 unspecified atom stereocenters. The second kappa shape index (κ2) is 12.9. The van der Waals surface area contributed by atoms with Crippen molar-refractivity contribution in [2.75, 3.05) is 4.90 Å². The van der Waals surface area contributed by atoms with Crippen LogP contribution in [0.3, 0.4) is 0 Å². The van der Waals surface area contributed by atoms with Gasteiger partial charge in [-0.2, -0.15) is 0 Å². The van der Waals surface area contributed by atoms with Crippen LogP contribution >= 0.6 is 15.9 Å². The molecule has 8 rings (SSSR count). The zero-order valence-corrected chi connectivity index (χ0v) is 29.8. The molecule has 236 valence electrons. The normalized spacial score (nSPS) is 12.5. The van der Waals surface area contributed by atoms with E-state index in [0.29, 0.717) is 0 Å². The summed E-state index contributed by atoms with van der Waals surface area (Å²) >= 11 is 3.58. The first kappa shape index (κ1) is 31.7. The highest BCUT2D eigenvalue weighted by molar-refractivity contribution is 9.10. The molecule has 0 bridgehead atoms. The Morgan fingerprint density at radius 1 is 0.438 bits per heavy atom. The summed E-state index contributed by atoms with van der Waals surface area (Å²) in [5.41, 5.74) is 15.8. The van der Waals surface area contributed by atoms with Crippen molar-refractivity contribution in [1.82, 2.24) is 0 Å². The Labute approximate surface area is 293 Å². The van der Waals surface area contributed by atoms with Crippen molar-refractivity contribution in [2.45, 2.75) is 40.0 Å². The number of halogens is 1. The lowest BCUT2D eigenvalue weighted by Crippen LogP contribution is -2.14. The largest absolute Gasteiger partial charge is 0.310 e. The van der Waals surface area contributed by atoms with E-state index in [0.717, 1.165) is 21.5 Å². The summed E-state index contributed by atoms with van der Waals surface area (Å²) in [5.74, 6) is 0. The third-order valence-electron chi connectivity index (χ3n) is 9.70. The van der Waals surface area contributed by atoms with E-state index in [2.05, 4.69) is 207 Å². The van der Waals surface area contributed by atoms with Crippen molar-refractivity contribution in [3.05, 3.63) is 184 Å². The van der Waals surface area contributed by atoms with E-state index in [-0.39, 0.29) is 5.41 Å². The quantitative estimate of drug-likeness (QED) is 0.178. The molecule has 0 heterocycles. The van der Waals surface area contributed by atoms with Crippen LogP contribution in [-0.4, -0.2) is 0 Å². The molecule has 0 spiro atoms. The van der Waals surface area contributed by atoms with E-state index in [4.69, 9.17) is 0 Å². The molecule has 0 amide bonds. The highest BCUT2D eigenvalue weighted by atomic mass is 79.9. The average Bonchev–Trinajstić information content (AvgIpc) is 3.32. The molecule has 7 aromatic rings. The predicted molar refractivity (Wildman–Crippen MR) is 210 cm³/mol. The number of fused-ring (bicyclic) bond motifs is 4. The molecule has 0 N–H and O–H groups in total. The van der Waals surface area contributed by atoms with Crippen LogP contribution in [-0.2, 0) is 5.41 Å². The molecular formula is C46H40BrN. The fraction of sp³-hybridized carbons (Fsp3) is 0.130. The molecule has 1 nitrogen and oxygen atoms in total. The van der Waals surface area contributed by atoms with Crippen molar-refractivity contribution < 1.29 is 0 Å². The number of hydrogen-bond donors (Lipinski definition) is 0. The van der Waals surface area contributed by atoms with E-state index in [1.165, 1.54) is 60.8 Å². The molecule has 7 aromatic carbocycles. The zero-order valence-electron chi connectivity index (χ0n) is 28.3. The highest BCUT2D eigenvalue weighted by Gasteiger charge is 2.34. The maximum atomic E-state index is 3.58. The highest BCUT2D eigenvalue weighted by Crippen LogP contribution is 2.48. The lowest BCUT2D eigenvalue weighted by Gasteiger charge is -2.26. The number of para-hydroxylation sites is 1. The van der Waals surface area contributed by atoms with Crippen LogP contribution in [0.1, 0.15) is 41.7 Å². The first-order valence-corrected chi connectivity index (χ1v) is 17.4. The van der Waals surface area contributed by atoms with Crippen molar-refractivity contribution in [3.8, 4) is 22.3 Å². The lowest BCUT2D eigenvalue weighted by atomic mass is 9.82. The number of aryl methyl sites for hydroxylation is 3. The topological polar surface area (TPSA) is 3.24 Å². The summed E-state index contributed by atoms with van der Waals surface area (Å²) in [6.07, 6.45) is 0. The molecule has 0 radical (unpaired) electrons. The third-order valence-corrected chi connectivity index (χ3v) is 10.2. The van der Waals surface area contributed by atoms with Crippen molar-refractivity contribution in [3.63, 3.8) is 0 Å². The standard InChI is InChI=1S/C30H24BrN.C16H16/c1-21-8-6-7-11-29(21)30-17-16-27(18-22(30)2)32(26-9-4-3-5-10-26)28-15-13-23-19-25(31)14-12-24(23)20-28;1-11-8-9-13-12-6-4-5-7-14(12)16(2,3)15(13)10-11/h3-20H,1-2H3;4-10H,1-3H3. The summed E-state index contributed by atoms with van der Waals surface area (Å²) in [7, 11) is 0. The average molecular weight is 687 g/mol. The Morgan fingerprint density at radius 2 is 1.02 bits per heavy atom. The third kappa shape index (κ3) is 5.98.